The lowest BCUT2D eigenvalue weighted by atomic mass is 10.2. The van der Waals surface area contributed by atoms with Gasteiger partial charge in [-0.15, -0.1) is 6.58 Å². The second-order valence-corrected chi connectivity index (χ2v) is 3.20. The van der Waals surface area contributed by atoms with Gasteiger partial charge in [-0.1, -0.05) is 6.08 Å². The molecule has 0 N–H and O–H groups in total. The van der Waals surface area contributed by atoms with Gasteiger partial charge in [-0.25, -0.2) is 0 Å². The fourth-order valence-corrected chi connectivity index (χ4v) is 1.42. The summed E-state index contributed by atoms with van der Waals surface area (Å²) in [6.07, 6.45) is 2.17. The molecule has 4 heteroatoms. The van der Waals surface area contributed by atoms with Crippen LogP contribution in [0.2, 0.25) is 0 Å². The first-order valence-electron chi connectivity index (χ1n) is 4.36. The Kier molecular flexibility index (Phi) is 3.01. The Labute approximate surface area is 76.2 Å². The molecule has 1 aliphatic heterocycles. The summed E-state index contributed by atoms with van der Waals surface area (Å²) in [5.41, 5.74) is 0. The summed E-state index contributed by atoms with van der Waals surface area (Å²) in [7, 11) is 0. The molecule has 2 nitrogen and oxygen atoms in total. The molecule has 0 aromatic heterocycles. The van der Waals surface area contributed by atoms with Crippen LogP contribution in [0.1, 0.15) is 19.3 Å². The first kappa shape index (κ1) is 10.2. The normalized spacial score (nSPS) is 17.5. The van der Waals surface area contributed by atoms with Crippen LogP contribution < -0.4 is 0 Å². The summed E-state index contributed by atoms with van der Waals surface area (Å²) in [5.74, 6) is -4.31. The van der Waals surface area contributed by atoms with E-state index in [1.165, 1.54) is 4.90 Å². The maximum Gasteiger partial charge on any atom is 0.328 e. The predicted octanol–water partition coefficient (Wildman–Crippen LogP) is 1.82. The highest BCUT2D eigenvalue weighted by Gasteiger charge is 2.41. The van der Waals surface area contributed by atoms with Crippen LogP contribution in [0.15, 0.2) is 12.7 Å². The van der Waals surface area contributed by atoms with E-state index < -0.39 is 18.3 Å². The Morgan fingerprint density at radius 3 is 2.46 bits per heavy atom. The highest BCUT2D eigenvalue weighted by atomic mass is 19.3. The molecule has 1 heterocycles. The maximum atomic E-state index is 13.0. The number of carbonyl (C=O) groups excluding carboxylic acids is 1. The van der Waals surface area contributed by atoms with Crippen molar-refractivity contribution < 1.29 is 13.6 Å². The zero-order valence-corrected chi connectivity index (χ0v) is 7.43. The molecular weight excluding hydrogens is 176 g/mol. The largest absolute Gasteiger partial charge is 0.337 e. The van der Waals surface area contributed by atoms with Gasteiger partial charge in [0, 0.05) is 19.5 Å². The van der Waals surface area contributed by atoms with Crippen LogP contribution in [0, 0.1) is 0 Å². The molecule has 74 valence electrons. The number of carbonyl (C=O) groups is 1. The standard InChI is InChI=1S/C9H13F2NO/c1-2-5-9(10,11)8(13)12-6-3-4-7-12/h2H,1,3-7H2. The van der Waals surface area contributed by atoms with Crippen LogP contribution in [0.3, 0.4) is 0 Å². The van der Waals surface area contributed by atoms with Crippen LogP contribution >= 0.6 is 0 Å². The molecule has 1 fully saturated rings. The summed E-state index contributed by atoms with van der Waals surface area (Å²) in [6, 6.07) is 0. The Morgan fingerprint density at radius 2 is 2.00 bits per heavy atom. The lowest BCUT2D eigenvalue weighted by Gasteiger charge is -2.21. The minimum atomic E-state index is -3.26. The van der Waals surface area contributed by atoms with E-state index >= 15 is 0 Å². The van der Waals surface area contributed by atoms with Crippen LogP contribution in [-0.2, 0) is 4.79 Å². The molecule has 0 radical (unpaired) electrons. The third kappa shape index (κ3) is 2.26. The zero-order valence-electron chi connectivity index (χ0n) is 7.43. The van der Waals surface area contributed by atoms with Gasteiger partial charge in [-0.2, -0.15) is 8.78 Å². The topological polar surface area (TPSA) is 20.3 Å². The average Bonchev–Trinajstić information content (AvgIpc) is 2.54. The summed E-state index contributed by atoms with van der Waals surface area (Å²) < 4.78 is 26.0. The van der Waals surface area contributed by atoms with Crippen molar-refractivity contribution in [3.05, 3.63) is 12.7 Å². The lowest BCUT2D eigenvalue weighted by Crippen LogP contribution is -2.41. The van der Waals surface area contributed by atoms with E-state index in [4.69, 9.17) is 0 Å². The quantitative estimate of drug-likeness (QED) is 0.620. The molecule has 13 heavy (non-hydrogen) atoms. The van der Waals surface area contributed by atoms with Crippen molar-refractivity contribution in [3.8, 4) is 0 Å². The van der Waals surface area contributed by atoms with Gasteiger partial charge in [-0.3, -0.25) is 4.79 Å². The number of halogens is 2. The minimum Gasteiger partial charge on any atom is -0.337 e. The van der Waals surface area contributed by atoms with Crippen molar-refractivity contribution in [1.29, 1.82) is 0 Å². The molecule has 0 bridgehead atoms. The number of rotatable bonds is 3. The monoisotopic (exact) mass is 189 g/mol. The third-order valence-corrected chi connectivity index (χ3v) is 2.11. The highest BCUT2D eigenvalue weighted by Crippen LogP contribution is 2.24. The van der Waals surface area contributed by atoms with Crippen molar-refractivity contribution in [3.63, 3.8) is 0 Å². The van der Waals surface area contributed by atoms with Gasteiger partial charge in [-0.05, 0) is 12.8 Å². The first-order chi connectivity index (χ1) is 6.08. The van der Waals surface area contributed by atoms with Crippen molar-refractivity contribution in [2.45, 2.75) is 25.2 Å². The molecule has 0 saturated carbocycles. The summed E-state index contributed by atoms with van der Waals surface area (Å²) >= 11 is 0. The van der Waals surface area contributed by atoms with E-state index in [-0.39, 0.29) is 0 Å². The van der Waals surface area contributed by atoms with Gasteiger partial charge in [0.2, 0.25) is 0 Å². The smallest absolute Gasteiger partial charge is 0.328 e. The number of hydrogen-bond acceptors (Lipinski definition) is 1. The average molecular weight is 189 g/mol. The number of nitrogens with zero attached hydrogens (tertiary/aromatic N) is 1. The van der Waals surface area contributed by atoms with E-state index in [2.05, 4.69) is 6.58 Å². The molecule has 1 rings (SSSR count). The minimum absolute atomic E-state index is 0.464. The second-order valence-electron chi connectivity index (χ2n) is 3.20. The number of hydrogen-bond donors (Lipinski definition) is 0. The molecule has 0 atom stereocenters. The Balaban J connectivity index is 2.58. The van der Waals surface area contributed by atoms with Crippen LogP contribution in [0.5, 0.6) is 0 Å². The van der Waals surface area contributed by atoms with Crippen molar-refractivity contribution in [2.24, 2.45) is 0 Å². The summed E-state index contributed by atoms with van der Waals surface area (Å²) in [6.45, 7) is 4.13. The van der Waals surface area contributed by atoms with Gasteiger partial charge < -0.3 is 4.90 Å². The van der Waals surface area contributed by atoms with Crippen molar-refractivity contribution >= 4 is 5.91 Å². The molecule has 0 spiro atoms. The molecule has 0 aromatic rings. The molecule has 0 aliphatic carbocycles. The molecule has 1 saturated heterocycles. The molecule has 0 unspecified atom stereocenters. The van der Waals surface area contributed by atoms with Crippen LogP contribution in [0.25, 0.3) is 0 Å². The van der Waals surface area contributed by atoms with Gasteiger partial charge in [0.25, 0.3) is 5.91 Å². The molecule has 1 amide bonds. The highest BCUT2D eigenvalue weighted by molar-refractivity contribution is 5.83. The van der Waals surface area contributed by atoms with E-state index in [0.29, 0.717) is 13.1 Å². The Morgan fingerprint density at radius 1 is 1.46 bits per heavy atom. The van der Waals surface area contributed by atoms with Gasteiger partial charge >= 0.3 is 5.92 Å². The van der Waals surface area contributed by atoms with E-state index in [0.717, 1.165) is 18.9 Å². The van der Waals surface area contributed by atoms with E-state index in [9.17, 15) is 13.6 Å². The zero-order chi connectivity index (χ0) is 9.90. The Hall–Kier alpha value is -0.930. The number of allylic oxidation sites excluding steroid dienone is 1. The number of alkyl halides is 2. The van der Waals surface area contributed by atoms with Gasteiger partial charge in [0.1, 0.15) is 0 Å². The third-order valence-electron chi connectivity index (χ3n) is 2.11. The van der Waals surface area contributed by atoms with Crippen LogP contribution in [0.4, 0.5) is 8.78 Å². The lowest BCUT2D eigenvalue weighted by molar-refractivity contribution is -0.155. The maximum absolute atomic E-state index is 13.0. The number of amides is 1. The van der Waals surface area contributed by atoms with Crippen LogP contribution in [-0.4, -0.2) is 29.8 Å². The van der Waals surface area contributed by atoms with Gasteiger partial charge in [0.15, 0.2) is 0 Å². The fourth-order valence-electron chi connectivity index (χ4n) is 1.42. The number of likely N-dealkylation sites (tertiary alicyclic amines) is 1. The Bertz CT molecular complexity index is 210. The predicted molar refractivity (Wildman–Crippen MR) is 45.6 cm³/mol. The molecule has 1 aliphatic rings. The summed E-state index contributed by atoms with van der Waals surface area (Å²) in [4.78, 5) is 12.4. The molecule has 0 aromatic carbocycles. The first-order valence-corrected chi connectivity index (χ1v) is 4.36. The van der Waals surface area contributed by atoms with Gasteiger partial charge in [0.05, 0.1) is 0 Å². The van der Waals surface area contributed by atoms with E-state index in [1.54, 1.807) is 0 Å². The van der Waals surface area contributed by atoms with Crippen molar-refractivity contribution in [2.75, 3.05) is 13.1 Å². The SMILES string of the molecule is C=CCC(F)(F)C(=O)N1CCCC1. The molecular formula is C9H13F2NO. The van der Waals surface area contributed by atoms with Crippen molar-refractivity contribution in [1.82, 2.24) is 4.90 Å². The second kappa shape index (κ2) is 3.85. The fraction of sp³-hybridized carbons (Fsp3) is 0.667. The summed E-state index contributed by atoms with van der Waals surface area (Å²) in [5, 5.41) is 0. The van der Waals surface area contributed by atoms with E-state index in [1.807, 2.05) is 0 Å².